The van der Waals surface area contributed by atoms with Crippen molar-refractivity contribution >= 4 is 44.7 Å². The van der Waals surface area contributed by atoms with Crippen LogP contribution in [0.3, 0.4) is 0 Å². The molecule has 2 aliphatic rings. The van der Waals surface area contributed by atoms with Crippen LogP contribution in [0.2, 0.25) is 0 Å². The number of furan rings is 1. The Bertz CT molecular complexity index is 1480. The topological polar surface area (TPSA) is 148 Å². The standard InChI is InChI=1S/C22H20N4O7S/c1-32-13-4-3-12-10-26(20(28)14(12)7-13)11-22(9-19(27)24-21(22)29)17-8-15-16(33-17)5-6-18(23-15)25-34(2,30)31/h3-8H,9-11H2,1-2H3,(H,23,25)(H,24,27,29)/t22-/m1/s1. The number of benzene rings is 1. The van der Waals surface area contributed by atoms with Gasteiger partial charge in [0.15, 0.2) is 5.58 Å². The van der Waals surface area contributed by atoms with Crippen molar-refractivity contribution in [2.75, 3.05) is 24.6 Å². The number of methoxy groups -OCH3 is 1. The summed E-state index contributed by atoms with van der Waals surface area (Å²) >= 11 is 0. The van der Waals surface area contributed by atoms with E-state index in [-0.39, 0.29) is 37.0 Å². The highest BCUT2D eigenvalue weighted by atomic mass is 32.2. The lowest BCUT2D eigenvalue weighted by Crippen LogP contribution is -2.46. The van der Waals surface area contributed by atoms with Crippen LogP contribution in [0.5, 0.6) is 5.75 Å². The molecule has 1 aromatic carbocycles. The Morgan fingerprint density at radius 1 is 1.21 bits per heavy atom. The number of hydrogen-bond acceptors (Lipinski definition) is 8. The van der Waals surface area contributed by atoms with Gasteiger partial charge in [-0.15, -0.1) is 0 Å². The summed E-state index contributed by atoms with van der Waals surface area (Å²) in [6.45, 7) is 0.178. The van der Waals surface area contributed by atoms with Crippen LogP contribution in [-0.2, 0) is 31.6 Å². The number of pyridine rings is 1. The highest BCUT2D eigenvalue weighted by molar-refractivity contribution is 7.92. The second kappa shape index (κ2) is 7.55. The molecule has 11 nitrogen and oxygen atoms in total. The Morgan fingerprint density at radius 2 is 2.00 bits per heavy atom. The van der Waals surface area contributed by atoms with Crippen LogP contribution in [0.25, 0.3) is 11.1 Å². The molecule has 0 radical (unpaired) electrons. The molecule has 0 saturated carbocycles. The van der Waals surface area contributed by atoms with E-state index >= 15 is 0 Å². The van der Waals surface area contributed by atoms with E-state index in [9.17, 15) is 22.8 Å². The number of rotatable bonds is 6. The minimum Gasteiger partial charge on any atom is -0.497 e. The number of sulfonamides is 1. The Labute approximate surface area is 194 Å². The van der Waals surface area contributed by atoms with Crippen LogP contribution in [-0.4, -0.2) is 55.9 Å². The lowest BCUT2D eigenvalue weighted by molar-refractivity contribution is -0.127. The molecule has 12 heteroatoms. The van der Waals surface area contributed by atoms with Gasteiger partial charge in [-0.25, -0.2) is 13.4 Å². The number of fused-ring (bicyclic) bond motifs is 2. The van der Waals surface area contributed by atoms with Crippen molar-refractivity contribution in [3.05, 3.63) is 53.3 Å². The van der Waals surface area contributed by atoms with Crippen LogP contribution in [0.1, 0.15) is 28.1 Å². The van der Waals surface area contributed by atoms with Gasteiger partial charge in [-0.05, 0) is 29.8 Å². The first-order valence-electron chi connectivity index (χ1n) is 10.3. The van der Waals surface area contributed by atoms with Crippen molar-refractivity contribution < 1.29 is 32.0 Å². The van der Waals surface area contributed by atoms with Crippen molar-refractivity contribution in [3.8, 4) is 5.75 Å². The SMILES string of the molecule is COc1ccc2c(c1)C(=O)N(C[C@@]1(c3cc4nc(NS(C)(=O)=O)ccc4o3)CC(=O)NC1=O)C2. The molecule has 176 valence electrons. The number of imide groups is 1. The van der Waals surface area contributed by atoms with Gasteiger partial charge in [0.2, 0.25) is 21.8 Å². The number of anilines is 1. The van der Waals surface area contributed by atoms with Crippen molar-refractivity contribution in [2.24, 2.45) is 0 Å². The maximum absolute atomic E-state index is 13.1. The van der Waals surface area contributed by atoms with Gasteiger partial charge in [0.1, 0.15) is 28.3 Å². The van der Waals surface area contributed by atoms with Gasteiger partial charge >= 0.3 is 0 Å². The summed E-state index contributed by atoms with van der Waals surface area (Å²) in [6, 6.07) is 9.63. The van der Waals surface area contributed by atoms with E-state index in [1.807, 2.05) is 0 Å². The number of nitrogens with zero attached hydrogens (tertiary/aromatic N) is 2. The average molecular weight is 484 g/mol. The lowest BCUT2D eigenvalue weighted by atomic mass is 9.82. The number of hydrogen-bond donors (Lipinski definition) is 2. The average Bonchev–Trinajstić information content (AvgIpc) is 3.41. The lowest BCUT2D eigenvalue weighted by Gasteiger charge is -2.28. The van der Waals surface area contributed by atoms with Gasteiger partial charge in [-0.2, -0.15) is 0 Å². The first kappa shape index (κ1) is 21.9. The van der Waals surface area contributed by atoms with E-state index in [4.69, 9.17) is 9.15 Å². The van der Waals surface area contributed by atoms with E-state index in [1.54, 1.807) is 18.2 Å². The zero-order valence-corrected chi connectivity index (χ0v) is 19.1. The molecule has 2 aliphatic heterocycles. The number of carbonyl (C=O) groups is 3. The molecule has 4 heterocycles. The fourth-order valence-corrected chi connectivity index (χ4v) is 4.87. The summed E-state index contributed by atoms with van der Waals surface area (Å²) < 4.78 is 36.5. The van der Waals surface area contributed by atoms with Crippen LogP contribution in [0, 0.1) is 0 Å². The Kier molecular flexibility index (Phi) is 4.86. The third kappa shape index (κ3) is 3.65. The molecular weight excluding hydrogens is 464 g/mol. The van der Waals surface area contributed by atoms with Crippen molar-refractivity contribution in [1.29, 1.82) is 0 Å². The van der Waals surface area contributed by atoms with Gasteiger partial charge in [0.25, 0.3) is 5.91 Å². The third-order valence-electron chi connectivity index (χ3n) is 5.94. The van der Waals surface area contributed by atoms with Crippen molar-refractivity contribution in [2.45, 2.75) is 18.4 Å². The zero-order chi connectivity index (χ0) is 24.3. The van der Waals surface area contributed by atoms with Gasteiger partial charge in [-0.3, -0.25) is 24.4 Å². The summed E-state index contributed by atoms with van der Waals surface area (Å²) in [5, 5.41) is 2.31. The van der Waals surface area contributed by atoms with Gasteiger partial charge in [0.05, 0.1) is 19.8 Å². The normalized spacial score (nSPS) is 20.1. The van der Waals surface area contributed by atoms with E-state index in [0.717, 1.165) is 11.8 Å². The predicted molar refractivity (Wildman–Crippen MR) is 120 cm³/mol. The molecule has 0 spiro atoms. The third-order valence-corrected chi connectivity index (χ3v) is 6.52. The van der Waals surface area contributed by atoms with Crippen LogP contribution < -0.4 is 14.8 Å². The molecule has 2 aromatic heterocycles. The first-order chi connectivity index (χ1) is 16.1. The quantitative estimate of drug-likeness (QED) is 0.495. The number of nitrogens with one attached hydrogen (secondary N) is 2. The largest absolute Gasteiger partial charge is 0.497 e. The highest BCUT2D eigenvalue weighted by Crippen LogP contribution is 2.39. The molecule has 5 rings (SSSR count). The van der Waals surface area contributed by atoms with E-state index in [1.165, 1.54) is 30.2 Å². The fourth-order valence-electron chi connectivity index (χ4n) is 4.38. The smallest absolute Gasteiger partial charge is 0.254 e. The van der Waals surface area contributed by atoms with Crippen LogP contribution >= 0.6 is 0 Å². The summed E-state index contributed by atoms with van der Waals surface area (Å²) in [5.41, 5.74) is 0.414. The summed E-state index contributed by atoms with van der Waals surface area (Å²) in [4.78, 5) is 44.1. The van der Waals surface area contributed by atoms with Crippen LogP contribution in [0.4, 0.5) is 5.82 Å². The van der Waals surface area contributed by atoms with E-state index in [0.29, 0.717) is 22.4 Å². The van der Waals surface area contributed by atoms with E-state index in [2.05, 4.69) is 15.0 Å². The highest BCUT2D eigenvalue weighted by Gasteiger charge is 2.53. The molecular formula is C22H20N4O7S. The van der Waals surface area contributed by atoms with Crippen molar-refractivity contribution in [3.63, 3.8) is 0 Å². The second-order valence-electron chi connectivity index (χ2n) is 8.39. The molecule has 0 aliphatic carbocycles. The molecule has 0 unspecified atom stereocenters. The number of aromatic nitrogens is 1. The summed E-state index contributed by atoms with van der Waals surface area (Å²) in [6.07, 6.45) is 0.799. The molecule has 3 aromatic rings. The second-order valence-corrected chi connectivity index (χ2v) is 10.1. The maximum Gasteiger partial charge on any atom is 0.254 e. The molecule has 34 heavy (non-hydrogen) atoms. The minimum absolute atomic E-state index is 0.0856. The predicted octanol–water partition coefficient (Wildman–Crippen LogP) is 1.15. The Balaban J connectivity index is 1.52. The minimum atomic E-state index is -3.54. The van der Waals surface area contributed by atoms with Gasteiger partial charge < -0.3 is 14.1 Å². The van der Waals surface area contributed by atoms with Gasteiger partial charge in [-0.1, -0.05) is 6.07 Å². The molecule has 1 atom stereocenters. The molecule has 1 fully saturated rings. The number of amides is 3. The fraction of sp³-hybridized carbons (Fsp3) is 0.273. The first-order valence-corrected chi connectivity index (χ1v) is 12.2. The molecule has 2 N–H and O–H groups in total. The van der Waals surface area contributed by atoms with Gasteiger partial charge in [0, 0.05) is 24.7 Å². The van der Waals surface area contributed by atoms with Crippen LogP contribution in [0.15, 0.2) is 40.8 Å². The molecule has 1 saturated heterocycles. The zero-order valence-electron chi connectivity index (χ0n) is 18.2. The number of carbonyl (C=O) groups excluding carboxylic acids is 3. The molecule has 0 bridgehead atoms. The Morgan fingerprint density at radius 3 is 2.68 bits per heavy atom. The maximum atomic E-state index is 13.1. The van der Waals surface area contributed by atoms with Crippen molar-refractivity contribution in [1.82, 2.24) is 15.2 Å². The summed E-state index contributed by atoms with van der Waals surface area (Å²) in [7, 11) is -2.03. The Hall–Kier alpha value is -3.93. The summed E-state index contributed by atoms with van der Waals surface area (Å²) in [5.74, 6) is -0.552. The number of ether oxygens (including phenoxy) is 1. The molecule has 3 amide bonds. The monoisotopic (exact) mass is 484 g/mol. The van der Waals surface area contributed by atoms with E-state index < -0.39 is 27.3 Å².